The van der Waals surface area contributed by atoms with Crippen LogP contribution in [0.1, 0.15) is 12.7 Å². The highest BCUT2D eigenvalue weighted by atomic mass is 19.4. The van der Waals surface area contributed by atoms with Crippen molar-refractivity contribution in [3.63, 3.8) is 0 Å². The van der Waals surface area contributed by atoms with Crippen LogP contribution >= 0.6 is 0 Å². The first-order valence-electron chi connectivity index (χ1n) is 7.97. The molecule has 2 aromatic carbocycles. The number of rotatable bonds is 5. The molecule has 0 aliphatic rings. The summed E-state index contributed by atoms with van der Waals surface area (Å²) >= 11 is 0. The highest BCUT2D eigenvalue weighted by Crippen LogP contribution is 2.38. The molecule has 28 heavy (non-hydrogen) atoms. The third-order valence-electron chi connectivity index (χ3n) is 3.70. The fourth-order valence-corrected chi connectivity index (χ4v) is 2.37. The monoisotopic (exact) mass is 394 g/mol. The number of fused-ring (bicyclic) bond motifs is 1. The van der Waals surface area contributed by atoms with Crippen LogP contribution in [-0.4, -0.2) is 17.2 Å². The zero-order chi connectivity index (χ0) is 20.5. The number of ether oxygens (including phenoxy) is 2. The summed E-state index contributed by atoms with van der Waals surface area (Å²) in [5.41, 5.74) is -1.43. The summed E-state index contributed by atoms with van der Waals surface area (Å²) in [6.45, 7) is 1.25. The second-order valence-electron chi connectivity index (χ2n) is 5.76. The molecule has 0 bridgehead atoms. The Morgan fingerprint density at radius 1 is 1.11 bits per heavy atom. The molecule has 0 saturated carbocycles. The van der Waals surface area contributed by atoms with E-state index in [-0.39, 0.29) is 16.9 Å². The van der Waals surface area contributed by atoms with Crippen LogP contribution in [0.2, 0.25) is 0 Å². The smallest absolute Gasteiger partial charge is 0.453 e. The average molecular weight is 394 g/mol. The lowest BCUT2D eigenvalue weighted by atomic mass is 10.2. The molecule has 0 aliphatic carbocycles. The lowest BCUT2D eigenvalue weighted by molar-refractivity contribution is -0.154. The van der Waals surface area contributed by atoms with Crippen LogP contribution in [0.3, 0.4) is 0 Å². The van der Waals surface area contributed by atoms with Gasteiger partial charge < -0.3 is 19.0 Å². The Hall–Kier alpha value is -3.49. The first-order chi connectivity index (χ1) is 13.2. The molecule has 1 unspecified atom stereocenters. The van der Waals surface area contributed by atoms with E-state index < -0.39 is 40.8 Å². The fraction of sp³-hybridized carbons (Fsp3) is 0.158. The van der Waals surface area contributed by atoms with Gasteiger partial charge in [-0.05, 0) is 31.2 Å². The number of hydrogen-bond donors (Lipinski definition) is 1. The minimum atomic E-state index is -5.00. The zero-order valence-electron chi connectivity index (χ0n) is 14.3. The molecule has 146 valence electrons. The SMILES string of the molecule is CC(Oc1ccc2c(=O)c(Oc3ccccc3)c(C(F)(F)F)oc2c1)C(=O)O. The second-order valence-corrected chi connectivity index (χ2v) is 5.76. The van der Waals surface area contributed by atoms with Gasteiger partial charge in [0.1, 0.15) is 17.1 Å². The van der Waals surface area contributed by atoms with Crippen LogP contribution < -0.4 is 14.9 Å². The van der Waals surface area contributed by atoms with Gasteiger partial charge in [-0.1, -0.05) is 18.2 Å². The number of alkyl halides is 3. The molecule has 6 nitrogen and oxygen atoms in total. The van der Waals surface area contributed by atoms with Gasteiger partial charge >= 0.3 is 12.1 Å². The highest BCUT2D eigenvalue weighted by molar-refractivity contribution is 5.80. The maximum absolute atomic E-state index is 13.5. The summed E-state index contributed by atoms with van der Waals surface area (Å²) in [7, 11) is 0. The van der Waals surface area contributed by atoms with Crippen molar-refractivity contribution in [3.05, 3.63) is 64.5 Å². The van der Waals surface area contributed by atoms with Gasteiger partial charge in [-0.25, -0.2) is 4.79 Å². The van der Waals surface area contributed by atoms with E-state index in [1.807, 2.05) is 0 Å². The van der Waals surface area contributed by atoms with E-state index >= 15 is 0 Å². The first-order valence-corrected chi connectivity index (χ1v) is 7.97. The summed E-state index contributed by atoms with van der Waals surface area (Å²) in [5.74, 6) is -3.87. The van der Waals surface area contributed by atoms with Crippen molar-refractivity contribution in [2.24, 2.45) is 0 Å². The number of halogens is 3. The summed E-state index contributed by atoms with van der Waals surface area (Å²) in [6, 6.07) is 11.0. The minimum absolute atomic E-state index is 0.0369. The fourth-order valence-electron chi connectivity index (χ4n) is 2.37. The van der Waals surface area contributed by atoms with E-state index in [2.05, 4.69) is 0 Å². The Balaban J connectivity index is 2.14. The number of carbonyl (C=O) groups is 1. The van der Waals surface area contributed by atoms with Crippen molar-refractivity contribution in [3.8, 4) is 17.2 Å². The van der Waals surface area contributed by atoms with Crippen LogP contribution in [0, 0.1) is 0 Å². The predicted octanol–water partition coefficient (Wildman–Crippen LogP) is 4.46. The number of aliphatic carboxylic acids is 1. The third-order valence-corrected chi connectivity index (χ3v) is 3.70. The molecule has 0 amide bonds. The van der Waals surface area contributed by atoms with Crippen LogP contribution in [0.25, 0.3) is 11.0 Å². The number of hydrogen-bond acceptors (Lipinski definition) is 5. The molecule has 9 heteroatoms. The van der Waals surface area contributed by atoms with E-state index in [0.29, 0.717) is 0 Å². The predicted molar refractivity (Wildman–Crippen MR) is 91.7 cm³/mol. The molecular weight excluding hydrogens is 381 g/mol. The number of carboxylic acid groups (broad SMARTS) is 1. The maximum atomic E-state index is 13.5. The van der Waals surface area contributed by atoms with Crippen molar-refractivity contribution in [2.75, 3.05) is 0 Å². The van der Waals surface area contributed by atoms with Gasteiger partial charge in [0, 0.05) is 6.07 Å². The summed E-state index contributed by atoms with van der Waals surface area (Å²) in [5, 5.41) is 8.69. The molecule has 3 rings (SSSR count). The minimum Gasteiger partial charge on any atom is -0.479 e. The van der Waals surface area contributed by atoms with Crippen LogP contribution in [0.5, 0.6) is 17.2 Å². The standard InChI is InChI=1S/C19H13F3O6/c1-10(18(24)25)26-12-7-8-13-14(9-12)28-17(19(20,21)22)16(15(13)23)27-11-5-3-2-4-6-11/h2-10H,1H3,(H,24,25). The molecule has 0 aliphatic heterocycles. The van der Waals surface area contributed by atoms with Crippen molar-refractivity contribution < 1.29 is 37.0 Å². The molecule has 0 fully saturated rings. The molecule has 1 heterocycles. The van der Waals surface area contributed by atoms with Gasteiger partial charge in [0.05, 0.1) is 5.39 Å². The summed E-state index contributed by atoms with van der Waals surface area (Å²) < 4.78 is 55.5. The molecule has 0 spiro atoms. The van der Waals surface area contributed by atoms with E-state index in [1.165, 1.54) is 31.2 Å². The largest absolute Gasteiger partial charge is 0.479 e. The normalized spacial score (nSPS) is 12.6. The van der Waals surface area contributed by atoms with Crippen molar-refractivity contribution >= 4 is 16.9 Å². The van der Waals surface area contributed by atoms with Crippen LogP contribution in [0.4, 0.5) is 13.2 Å². The lowest BCUT2D eigenvalue weighted by Gasteiger charge is -2.14. The maximum Gasteiger partial charge on any atom is 0.453 e. The molecule has 1 aromatic heterocycles. The second kappa shape index (κ2) is 7.26. The number of para-hydroxylation sites is 1. The zero-order valence-corrected chi connectivity index (χ0v) is 14.3. The molecule has 0 radical (unpaired) electrons. The first kappa shape index (κ1) is 19.3. The van der Waals surface area contributed by atoms with E-state index in [1.54, 1.807) is 18.2 Å². The molecular formula is C19H13F3O6. The van der Waals surface area contributed by atoms with Crippen molar-refractivity contribution in [1.29, 1.82) is 0 Å². The van der Waals surface area contributed by atoms with Gasteiger partial charge in [-0.2, -0.15) is 13.2 Å². The van der Waals surface area contributed by atoms with Gasteiger partial charge in [-0.3, -0.25) is 4.79 Å². The average Bonchev–Trinajstić information content (AvgIpc) is 2.63. The summed E-state index contributed by atoms with van der Waals surface area (Å²) in [4.78, 5) is 23.5. The van der Waals surface area contributed by atoms with Gasteiger partial charge in [0.25, 0.3) is 5.76 Å². The van der Waals surface area contributed by atoms with Crippen LogP contribution in [-0.2, 0) is 11.0 Å². The van der Waals surface area contributed by atoms with E-state index in [4.69, 9.17) is 19.0 Å². The van der Waals surface area contributed by atoms with Gasteiger partial charge in [-0.15, -0.1) is 0 Å². The highest BCUT2D eigenvalue weighted by Gasteiger charge is 2.40. The molecule has 1 N–H and O–H groups in total. The van der Waals surface area contributed by atoms with E-state index in [9.17, 15) is 22.8 Å². The van der Waals surface area contributed by atoms with Crippen molar-refractivity contribution in [2.45, 2.75) is 19.2 Å². The van der Waals surface area contributed by atoms with Gasteiger partial charge in [0.15, 0.2) is 6.10 Å². The Bertz CT molecular complexity index is 1070. The summed E-state index contributed by atoms with van der Waals surface area (Å²) in [6.07, 6.45) is -6.24. The molecule has 1 atom stereocenters. The van der Waals surface area contributed by atoms with Crippen LogP contribution in [0.15, 0.2) is 57.7 Å². The Morgan fingerprint density at radius 3 is 2.39 bits per heavy atom. The topological polar surface area (TPSA) is 86.0 Å². The van der Waals surface area contributed by atoms with Crippen molar-refractivity contribution in [1.82, 2.24) is 0 Å². The van der Waals surface area contributed by atoms with E-state index in [0.717, 1.165) is 6.07 Å². The molecule has 3 aromatic rings. The lowest BCUT2D eigenvalue weighted by Crippen LogP contribution is -2.22. The molecule has 0 saturated heterocycles. The van der Waals surface area contributed by atoms with Gasteiger partial charge in [0.2, 0.25) is 11.2 Å². The third kappa shape index (κ3) is 3.93. The quantitative estimate of drug-likeness (QED) is 0.688. The Labute approximate surface area is 155 Å². The number of carboxylic acids is 1. The Kier molecular flexibility index (Phi) is 5.00. The Morgan fingerprint density at radius 2 is 1.79 bits per heavy atom. The number of benzene rings is 2.